The van der Waals surface area contributed by atoms with Gasteiger partial charge in [0.25, 0.3) is 5.91 Å². The van der Waals surface area contributed by atoms with E-state index >= 15 is 0 Å². The van der Waals surface area contributed by atoms with Gasteiger partial charge in [-0.2, -0.15) is 0 Å². The Morgan fingerprint density at radius 1 is 1.18 bits per heavy atom. The largest absolute Gasteiger partial charge is 0.497 e. The number of amides is 2. The van der Waals surface area contributed by atoms with Gasteiger partial charge >= 0.3 is 0 Å². The zero-order valence-corrected chi connectivity index (χ0v) is 20.9. The molecule has 3 heterocycles. The lowest BCUT2D eigenvalue weighted by Crippen LogP contribution is -2.43. The number of ether oxygens (including phenoxy) is 1. The summed E-state index contributed by atoms with van der Waals surface area (Å²) >= 11 is 0. The number of rotatable bonds is 8. The first-order chi connectivity index (χ1) is 16.4. The van der Waals surface area contributed by atoms with E-state index in [0.29, 0.717) is 24.7 Å². The zero-order chi connectivity index (χ0) is 24.1. The first kappa shape index (κ1) is 24.6. The van der Waals surface area contributed by atoms with Crippen LogP contribution in [0.1, 0.15) is 56.4 Å². The van der Waals surface area contributed by atoms with Crippen molar-refractivity contribution in [3.8, 4) is 5.75 Å². The molecule has 0 unspecified atom stereocenters. The molecule has 186 valence electrons. The van der Waals surface area contributed by atoms with E-state index in [1.807, 2.05) is 36.1 Å². The fraction of sp³-hybridized carbons (Fsp3) is 0.630. The van der Waals surface area contributed by atoms with Crippen LogP contribution in [0.3, 0.4) is 0 Å². The molecule has 2 atom stereocenters. The van der Waals surface area contributed by atoms with Gasteiger partial charge in [0.15, 0.2) is 0 Å². The van der Waals surface area contributed by atoms with E-state index in [1.165, 1.54) is 25.9 Å². The Bertz CT molecular complexity index is 979. The number of likely N-dealkylation sites (tertiary alicyclic amines) is 2. The van der Waals surface area contributed by atoms with Crippen LogP contribution in [0.5, 0.6) is 5.75 Å². The molecule has 0 spiro atoms. The maximum atomic E-state index is 13.0. The topological polar surface area (TPSA) is 77.7 Å². The summed E-state index contributed by atoms with van der Waals surface area (Å²) in [7, 11) is 1.64. The molecule has 7 nitrogen and oxygen atoms in total. The Balaban J connectivity index is 1.20. The number of hydrogen-bond acceptors (Lipinski definition) is 4. The number of aromatic nitrogens is 1. The molecule has 2 saturated heterocycles. The number of nitrogens with one attached hydrogen (secondary N) is 2. The molecule has 0 bridgehead atoms. The predicted octanol–water partition coefficient (Wildman–Crippen LogP) is 3.90. The smallest absolute Gasteiger partial charge is 0.270 e. The van der Waals surface area contributed by atoms with Crippen molar-refractivity contribution in [1.29, 1.82) is 0 Å². The van der Waals surface area contributed by atoms with Gasteiger partial charge in [-0.25, -0.2) is 0 Å². The molecule has 2 aliphatic rings. The van der Waals surface area contributed by atoms with E-state index in [4.69, 9.17) is 4.74 Å². The van der Waals surface area contributed by atoms with Gasteiger partial charge in [0.05, 0.1) is 7.11 Å². The minimum atomic E-state index is -0.0206. The predicted molar refractivity (Wildman–Crippen MR) is 135 cm³/mol. The Hall–Kier alpha value is -2.54. The molecule has 2 amide bonds. The number of carbonyl (C=O) groups excluding carboxylic acids is 2. The first-order valence-corrected chi connectivity index (χ1v) is 12.9. The molecule has 4 rings (SSSR count). The monoisotopic (exact) mass is 468 g/mol. The maximum Gasteiger partial charge on any atom is 0.270 e. The molecule has 2 N–H and O–H groups in total. The highest BCUT2D eigenvalue weighted by Crippen LogP contribution is 2.27. The second-order valence-electron chi connectivity index (χ2n) is 10.2. The first-order valence-electron chi connectivity index (χ1n) is 12.9. The number of carbonyl (C=O) groups is 2. The van der Waals surface area contributed by atoms with Gasteiger partial charge in [-0.3, -0.25) is 9.59 Å². The molecule has 34 heavy (non-hydrogen) atoms. The van der Waals surface area contributed by atoms with Crippen LogP contribution in [-0.2, 0) is 4.79 Å². The van der Waals surface area contributed by atoms with Crippen LogP contribution in [0.2, 0.25) is 0 Å². The Morgan fingerprint density at radius 3 is 2.71 bits per heavy atom. The van der Waals surface area contributed by atoms with E-state index in [9.17, 15) is 9.59 Å². The third-order valence-electron chi connectivity index (χ3n) is 7.70. The number of nitrogens with zero attached hydrogens (tertiary/aromatic N) is 2. The number of hydrogen-bond donors (Lipinski definition) is 2. The molecular weight excluding hydrogens is 428 g/mol. The molecule has 1 aromatic carbocycles. The SMILES string of the molecule is COc1ccc2cc(C(=O)N3CCC([C@@H](C)C(=O)NCCCN4CCC[C@@H](C)C4)CC3)[nH]c2c1. The summed E-state index contributed by atoms with van der Waals surface area (Å²) in [4.78, 5) is 33.4. The zero-order valence-electron chi connectivity index (χ0n) is 20.9. The summed E-state index contributed by atoms with van der Waals surface area (Å²) in [6.45, 7) is 9.94. The lowest BCUT2D eigenvalue weighted by Gasteiger charge is -2.34. The van der Waals surface area contributed by atoms with Gasteiger partial charge in [-0.05, 0) is 75.2 Å². The van der Waals surface area contributed by atoms with Crippen molar-refractivity contribution in [3.05, 3.63) is 30.0 Å². The van der Waals surface area contributed by atoms with Crippen LogP contribution in [0.15, 0.2) is 24.3 Å². The fourth-order valence-electron chi connectivity index (χ4n) is 5.50. The number of benzene rings is 1. The Morgan fingerprint density at radius 2 is 1.97 bits per heavy atom. The number of aromatic amines is 1. The number of fused-ring (bicyclic) bond motifs is 1. The standard InChI is InChI=1S/C27H40N4O3/c1-19-6-4-12-30(18-19)13-5-11-28-26(32)20(2)21-9-14-31(15-10-21)27(33)25-16-22-7-8-23(34-3)17-24(22)29-25/h7-8,16-17,19-21,29H,4-6,9-15,18H2,1-3H3,(H,28,32)/t19-,20-/m1/s1. The summed E-state index contributed by atoms with van der Waals surface area (Å²) in [5, 5.41) is 4.15. The third kappa shape index (κ3) is 5.93. The Kier molecular flexibility index (Phi) is 8.14. The Labute approximate surface area is 203 Å². The number of piperidine rings is 2. The third-order valence-corrected chi connectivity index (χ3v) is 7.70. The number of methoxy groups -OCH3 is 1. The molecule has 1 aromatic heterocycles. The summed E-state index contributed by atoms with van der Waals surface area (Å²) < 4.78 is 5.27. The van der Waals surface area contributed by atoms with Crippen molar-refractivity contribution in [3.63, 3.8) is 0 Å². The summed E-state index contributed by atoms with van der Waals surface area (Å²) in [6, 6.07) is 7.67. The minimum absolute atomic E-state index is 0.0206. The maximum absolute atomic E-state index is 13.0. The molecule has 2 aromatic rings. The summed E-state index contributed by atoms with van der Waals surface area (Å²) in [6.07, 6.45) is 5.36. The van der Waals surface area contributed by atoms with Crippen molar-refractivity contribution in [2.75, 3.05) is 46.4 Å². The molecular formula is C27H40N4O3. The normalized spacial score (nSPS) is 20.9. The van der Waals surface area contributed by atoms with Crippen LogP contribution in [0, 0.1) is 17.8 Å². The highest BCUT2D eigenvalue weighted by atomic mass is 16.5. The van der Waals surface area contributed by atoms with Gasteiger partial charge in [0.2, 0.25) is 5.91 Å². The van der Waals surface area contributed by atoms with E-state index in [2.05, 4.69) is 22.1 Å². The van der Waals surface area contributed by atoms with Crippen LogP contribution >= 0.6 is 0 Å². The molecule has 0 aliphatic carbocycles. The fourth-order valence-corrected chi connectivity index (χ4v) is 5.50. The minimum Gasteiger partial charge on any atom is -0.497 e. The van der Waals surface area contributed by atoms with Crippen molar-refractivity contribution in [2.24, 2.45) is 17.8 Å². The van der Waals surface area contributed by atoms with Crippen molar-refractivity contribution >= 4 is 22.7 Å². The van der Waals surface area contributed by atoms with Crippen LogP contribution in [0.4, 0.5) is 0 Å². The van der Waals surface area contributed by atoms with Gasteiger partial charge in [0.1, 0.15) is 11.4 Å². The second-order valence-corrected chi connectivity index (χ2v) is 10.2. The molecule has 0 saturated carbocycles. The second kappa shape index (κ2) is 11.3. The molecule has 2 fully saturated rings. The van der Waals surface area contributed by atoms with Gasteiger partial charge in [-0.15, -0.1) is 0 Å². The summed E-state index contributed by atoms with van der Waals surface area (Å²) in [5.74, 6) is 2.04. The van der Waals surface area contributed by atoms with E-state index in [0.717, 1.165) is 54.9 Å². The van der Waals surface area contributed by atoms with Gasteiger partial charge in [0, 0.05) is 49.1 Å². The highest BCUT2D eigenvalue weighted by Gasteiger charge is 2.30. The molecule has 7 heteroatoms. The van der Waals surface area contributed by atoms with Crippen molar-refractivity contribution in [1.82, 2.24) is 20.1 Å². The van der Waals surface area contributed by atoms with Crippen molar-refractivity contribution < 1.29 is 14.3 Å². The number of H-pyrrole nitrogens is 1. The van der Waals surface area contributed by atoms with Gasteiger partial charge < -0.3 is 24.8 Å². The van der Waals surface area contributed by atoms with Crippen LogP contribution < -0.4 is 10.1 Å². The molecule has 2 aliphatic heterocycles. The average Bonchev–Trinajstić information content (AvgIpc) is 3.29. The summed E-state index contributed by atoms with van der Waals surface area (Å²) in [5.41, 5.74) is 1.51. The lowest BCUT2D eigenvalue weighted by molar-refractivity contribution is -0.126. The van der Waals surface area contributed by atoms with E-state index in [-0.39, 0.29) is 17.7 Å². The molecule has 0 radical (unpaired) electrons. The quantitative estimate of drug-likeness (QED) is 0.576. The lowest BCUT2D eigenvalue weighted by atomic mass is 9.84. The van der Waals surface area contributed by atoms with Crippen LogP contribution in [0.25, 0.3) is 10.9 Å². The van der Waals surface area contributed by atoms with Gasteiger partial charge in [-0.1, -0.05) is 13.8 Å². The van der Waals surface area contributed by atoms with E-state index in [1.54, 1.807) is 7.11 Å². The van der Waals surface area contributed by atoms with E-state index < -0.39 is 0 Å². The van der Waals surface area contributed by atoms with Crippen LogP contribution in [-0.4, -0.2) is 73.0 Å². The average molecular weight is 469 g/mol. The van der Waals surface area contributed by atoms with Crippen molar-refractivity contribution in [2.45, 2.75) is 46.0 Å². The highest BCUT2D eigenvalue weighted by molar-refractivity contribution is 5.98.